The van der Waals surface area contributed by atoms with Crippen LogP contribution in [0.2, 0.25) is 0 Å². The number of benzene rings is 2. The molecule has 0 amide bonds. The molecule has 0 aliphatic rings. The van der Waals surface area contributed by atoms with E-state index in [1.165, 1.54) is 0 Å². The predicted molar refractivity (Wildman–Crippen MR) is 81.2 cm³/mol. The van der Waals surface area contributed by atoms with Gasteiger partial charge < -0.3 is 10.1 Å². The normalized spacial score (nSPS) is 11.5. The van der Waals surface area contributed by atoms with Gasteiger partial charge in [-0.3, -0.25) is 4.79 Å². The summed E-state index contributed by atoms with van der Waals surface area (Å²) in [5.41, 5.74) is 0.703. The summed E-state index contributed by atoms with van der Waals surface area (Å²) in [6.07, 6.45) is 0.258. The van der Waals surface area contributed by atoms with Crippen molar-refractivity contribution in [2.24, 2.45) is 0 Å². The summed E-state index contributed by atoms with van der Waals surface area (Å²) in [4.78, 5) is 24.2. The molecule has 0 spiro atoms. The van der Waals surface area contributed by atoms with E-state index >= 15 is 0 Å². The second-order valence-electron chi connectivity index (χ2n) is 4.50. The van der Waals surface area contributed by atoms with Crippen LogP contribution in [-0.2, 0) is 9.59 Å². The molecule has 0 saturated carbocycles. The highest BCUT2D eigenvalue weighted by Gasteiger charge is 2.27. The van der Waals surface area contributed by atoms with Gasteiger partial charge in [0.2, 0.25) is 0 Å². The summed E-state index contributed by atoms with van der Waals surface area (Å²) >= 11 is 0. The van der Waals surface area contributed by atoms with E-state index in [2.05, 4.69) is 5.32 Å². The highest BCUT2D eigenvalue weighted by atomic mass is 16.5. The smallest absolute Gasteiger partial charge is 0.341 e. The van der Waals surface area contributed by atoms with E-state index < -0.39 is 12.0 Å². The fourth-order valence-corrected chi connectivity index (χ4v) is 1.84. The monoisotopic (exact) mass is 283 g/mol. The van der Waals surface area contributed by atoms with Gasteiger partial charge in [0.05, 0.1) is 0 Å². The topological polar surface area (TPSA) is 55.4 Å². The zero-order chi connectivity index (χ0) is 15.1. The van der Waals surface area contributed by atoms with Crippen molar-refractivity contribution in [1.29, 1.82) is 0 Å². The third kappa shape index (κ3) is 4.18. The predicted octanol–water partition coefficient (Wildman–Crippen LogP) is 3.05. The standard InChI is InChI=1S/C17H17NO3/c1-2-15(19)16(18-13-9-5-3-6-10-13)17(20)21-14-11-7-4-8-12-14/h3-12,16,18H,2H2,1H3. The molecule has 0 radical (unpaired) electrons. The van der Waals surface area contributed by atoms with Crippen LogP contribution in [-0.4, -0.2) is 17.8 Å². The minimum atomic E-state index is -1.00. The molecular formula is C17H17NO3. The summed E-state index contributed by atoms with van der Waals surface area (Å²) in [6.45, 7) is 1.72. The van der Waals surface area contributed by atoms with Crippen LogP contribution in [0.5, 0.6) is 5.75 Å². The highest BCUT2D eigenvalue weighted by Crippen LogP contribution is 2.13. The number of ether oxygens (including phenoxy) is 1. The van der Waals surface area contributed by atoms with Gasteiger partial charge in [-0.15, -0.1) is 0 Å². The van der Waals surface area contributed by atoms with Crippen LogP contribution in [0.3, 0.4) is 0 Å². The summed E-state index contributed by atoms with van der Waals surface area (Å²) in [6, 6.07) is 16.8. The number of rotatable bonds is 6. The average molecular weight is 283 g/mol. The zero-order valence-corrected chi connectivity index (χ0v) is 11.8. The van der Waals surface area contributed by atoms with E-state index in [0.29, 0.717) is 11.4 Å². The summed E-state index contributed by atoms with van der Waals surface area (Å²) in [5.74, 6) is -0.386. The van der Waals surface area contributed by atoms with Crippen LogP contribution in [0.1, 0.15) is 13.3 Å². The molecule has 4 heteroatoms. The lowest BCUT2D eigenvalue weighted by Crippen LogP contribution is -2.40. The van der Waals surface area contributed by atoms with E-state index in [4.69, 9.17) is 4.74 Å². The van der Waals surface area contributed by atoms with Crippen molar-refractivity contribution in [2.75, 3.05) is 5.32 Å². The van der Waals surface area contributed by atoms with Gasteiger partial charge in [-0.05, 0) is 24.3 Å². The van der Waals surface area contributed by atoms with Crippen molar-refractivity contribution in [3.8, 4) is 5.75 Å². The van der Waals surface area contributed by atoms with Crippen LogP contribution >= 0.6 is 0 Å². The second-order valence-corrected chi connectivity index (χ2v) is 4.50. The van der Waals surface area contributed by atoms with E-state index in [1.54, 1.807) is 43.3 Å². The Balaban J connectivity index is 2.12. The van der Waals surface area contributed by atoms with Crippen LogP contribution in [0.25, 0.3) is 0 Å². The molecule has 2 aromatic carbocycles. The van der Waals surface area contributed by atoms with Crippen molar-refractivity contribution in [3.63, 3.8) is 0 Å². The largest absolute Gasteiger partial charge is 0.425 e. The van der Waals surface area contributed by atoms with Gasteiger partial charge >= 0.3 is 5.97 Å². The quantitative estimate of drug-likeness (QED) is 0.503. The molecule has 108 valence electrons. The first-order valence-electron chi connectivity index (χ1n) is 6.81. The molecule has 0 aliphatic carbocycles. The molecule has 4 nitrogen and oxygen atoms in total. The molecule has 0 aliphatic heterocycles. The second kappa shape index (κ2) is 7.24. The maximum Gasteiger partial charge on any atom is 0.341 e. The molecule has 2 rings (SSSR count). The van der Waals surface area contributed by atoms with Gasteiger partial charge in [0, 0.05) is 12.1 Å². The van der Waals surface area contributed by atoms with Gasteiger partial charge in [0.1, 0.15) is 5.75 Å². The maximum absolute atomic E-state index is 12.2. The molecule has 1 unspecified atom stereocenters. The summed E-state index contributed by atoms with van der Waals surface area (Å²) in [5, 5.41) is 2.93. The average Bonchev–Trinajstić information content (AvgIpc) is 2.53. The van der Waals surface area contributed by atoms with Crippen LogP contribution < -0.4 is 10.1 Å². The third-order valence-electron chi connectivity index (χ3n) is 2.95. The first kappa shape index (κ1) is 14.8. The van der Waals surface area contributed by atoms with E-state index in [0.717, 1.165) is 0 Å². The Kier molecular flexibility index (Phi) is 5.10. The van der Waals surface area contributed by atoms with Gasteiger partial charge in [0.25, 0.3) is 0 Å². The lowest BCUT2D eigenvalue weighted by atomic mass is 10.1. The molecule has 21 heavy (non-hydrogen) atoms. The maximum atomic E-state index is 12.2. The lowest BCUT2D eigenvalue weighted by Gasteiger charge is -2.17. The van der Waals surface area contributed by atoms with Crippen molar-refractivity contribution in [1.82, 2.24) is 0 Å². The van der Waals surface area contributed by atoms with Crippen LogP contribution in [0, 0.1) is 0 Å². The molecule has 0 aromatic heterocycles. The Morgan fingerprint density at radius 2 is 1.57 bits per heavy atom. The Morgan fingerprint density at radius 3 is 2.14 bits per heavy atom. The highest BCUT2D eigenvalue weighted by molar-refractivity contribution is 6.06. The molecule has 0 saturated heterocycles. The van der Waals surface area contributed by atoms with E-state index in [9.17, 15) is 9.59 Å². The number of para-hydroxylation sites is 2. The molecular weight excluding hydrogens is 266 g/mol. The minimum absolute atomic E-state index is 0.209. The van der Waals surface area contributed by atoms with Crippen LogP contribution in [0.4, 0.5) is 5.69 Å². The fourth-order valence-electron chi connectivity index (χ4n) is 1.84. The number of anilines is 1. The molecule has 1 N–H and O–H groups in total. The molecule has 2 aromatic rings. The number of carbonyl (C=O) groups excluding carboxylic acids is 2. The molecule has 1 atom stereocenters. The first-order valence-corrected chi connectivity index (χ1v) is 6.81. The van der Waals surface area contributed by atoms with Gasteiger partial charge in [0.15, 0.2) is 11.8 Å². The Hall–Kier alpha value is -2.62. The number of esters is 1. The SMILES string of the molecule is CCC(=O)C(Nc1ccccc1)C(=O)Oc1ccccc1. The third-order valence-corrected chi connectivity index (χ3v) is 2.95. The molecule has 0 fully saturated rings. The first-order chi connectivity index (χ1) is 10.2. The van der Waals surface area contributed by atoms with E-state index in [1.807, 2.05) is 24.3 Å². The number of carbonyl (C=O) groups is 2. The molecule has 0 heterocycles. The van der Waals surface area contributed by atoms with Gasteiger partial charge in [-0.25, -0.2) is 4.79 Å². The number of ketones is 1. The number of hydrogen-bond donors (Lipinski definition) is 1. The number of hydrogen-bond acceptors (Lipinski definition) is 4. The van der Waals surface area contributed by atoms with Gasteiger partial charge in [-0.2, -0.15) is 0 Å². The molecule has 0 bridgehead atoms. The van der Waals surface area contributed by atoms with Crippen molar-refractivity contribution in [2.45, 2.75) is 19.4 Å². The zero-order valence-electron chi connectivity index (χ0n) is 11.8. The fraction of sp³-hybridized carbons (Fsp3) is 0.176. The Morgan fingerprint density at radius 1 is 1.00 bits per heavy atom. The number of Topliss-reactive ketones (excluding diaryl/α,β-unsaturated/α-hetero) is 1. The van der Waals surface area contributed by atoms with Crippen molar-refractivity contribution >= 4 is 17.4 Å². The van der Waals surface area contributed by atoms with Crippen molar-refractivity contribution < 1.29 is 14.3 Å². The summed E-state index contributed by atoms with van der Waals surface area (Å²) < 4.78 is 5.25. The van der Waals surface area contributed by atoms with Gasteiger partial charge in [-0.1, -0.05) is 43.3 Å². The van der Waals surface area contributed by atoms with Crippen molar-refractivity contribution in [3.05, 3.63) is 60.7 Å². The number of nitrogens with one attached hydrogen (secondary N) is 1. The lowest BCUT2D eigenvalue weighted by molar-refractivity contribution is -0.139. The van der Waals surface area contributed by atoms with E-state index in [-0.39, 0.29) is 12.2 Å². The van der Waals surface area contributed by atoms with Crippen LogP contribution in [0.15, 0.2) is 60.7 Å². The Labute approximate surface area is 123 Å². The minimum Gasteiger partial charge on any atom is -0.425 e. The Bertz CT molecular complexity index is 596. The summed E-state index contributed by atoms with van der Waals surface area (Å²) in [7, 11) is 0.